The molecule has 1 aromatic carbocycles. The molecule has 2 aromatic rings. The lowest BCUT2D eigenvalue weighted by atomic mass is 10.1. The highest BCUT2D eigenvalue weighted by Crippen LogP contribution is 2.30. The molecule has 3 rings (SSSR count). The maximum atomic E-state index is 13.0. The van der Waals surface area contributed by atoms with Crippen LogP contribution in [0.15, 0.2) is 30.3 Å². The molecule has 0 radical (unpaired) electrons. The molecule has 1 aliphatic rings. The average molecular weight is 329 g/mol. The lowest BCUT2D eigenvalue weighted by Gasteiger charge is -2.23. The average Bonchev–Trinajstić information content (AvgIpc) is 3.21. The van der Waals surface area contributed by atoms with Gasteiger partial charge in [0.2, 0.25) is 0 Å². The third kappa shape index (κ3) is 3.31. The molecule has 23 heavy (non-hydrogen) atoms. The van der Waals surface area contributed by atoms with Crippen molar-refractivity contribution in [1.29, 1.82) is 0 Å². The van der Waals surface area contributed by atoms with Crippen LogP contribution in [0.4, 0.5) is 0 Å². The van der Waals surface area contributed by atoms with E-state index in [0.29, 0.717) is 6.04 Å². The maximum absolute atomic E-state index is 13.0. The molecule has 0 unspecified atom stereocenters. The highest BCUT2D eigenvalue weighted by molar-refractivity contribution is 7.14. The van der Waals surface area contributed by atoms with Crippen molar-refractivity contribution in [2.75, 3.05) is 26.7 Å². The molecule has 122 valence electrons. The van der Waals surface area contributed by atoms with Crippen LogP contribution >= 0.6 is 11.3 Å². The highest BCUT2D eigenvalue weighted by atomic mass is 32.1. The predicted molar refractivity (Wildman–Crippen MR) is 94.9 cm³/mol. The molecule has 5 heteroatoms. The van der Waals surface area contributed by atoms with Crippen LogP contribution in [-0.4, -0.2) is 53.4 Å². The lowest BCUT2D eigenvalue weighted by Crippen LogP contribution is -2.36. The fraction of sp³-hybridized carbons (Fsp3) is 0.444. The van der Waals surface area contributed by atoms with Crippen LogP contribution in [0.3, 0.4) is 0 Å². The van der Waals surface area contributed by atoms with Crippen LogP contribution in [0.1, 0.15) is 28.0 Å². The minimum atomic E-state index is 0.126. The summed E-state index contributed by atoms with van der Waals surface area (Å²) < 4.78 is 0. The molecular formula is C18H23N3OS. The van der Waals surface area contributed by atoms with Crippen molar-refractivity contribution in [2.24, 2.45) is 0 Å². The van der Waals surface area contributed by atoms with E-state index in [-0.39, 0.29) is 5.91 Å². The summed E-state index contributed by atoms with van der Waals surface area (Å²) in [7, 11) is 2.13. The number of carbonyl (C=O) groups excluding carboxylic acids is 1. The predicted octanol–water partition coefficient (Wildman–Crippen LogP) is 3.28. The van der Waals surface area contributed by atoms with E-state index >= 15 is 0 Å². The number of hydrogen-bond acceptors (Lipinski definition) is 4. The number of likely N-dealkylation sites (tertiary alicyclic amines) is 1. The topological polar surface area (TPSA) is 36.4 Å². The molecule has 1 amide bonds. The van der Waals surface area contributed by atoms with E-state index in [1.54, 1.807) is 0 Å². The fourth-order valence-electron chi connectivity index (χ4n) is 3.05. The van der Waals surface area contributed by atoms with Crippen molar-refractivity contribution in [3.05, 3.63) is 40.2 Å². The van der Waals surface area contributed by atoms with Gasteiger partial charge in [0.1, 0.15) is 4.88 Å². The first kappa shape index (κ1) is 16.1. The van der Waals surface area contributed by atoms with Gasteiger partial charge in [-0.2, -0.15) is 0 Å². The number of likely N-dealkylation sites (N-methyl/N-ethyl adjacent to an activating group) is 1. The van der Waals surface area contributed by atoms with Gasteiger partial charge in [0.15, 0.2) is 0 Å². The van der Waals surface area contributed by atoms with Crippen LogP contribution in [0.5, 0.6) is 0 Å². The van der Waals surface area contributed by atoms with E-state index < -0.39 is 0 Å². The van der Waals surface area contributed by atoms with Gasteiger partial charge in [-0.25, -0.2) is 4.98 Å². The molecular weight excluding hydrogens is 306 g/mol. The second-order valence-electron chi connectivity index (χ2n) is 6.04. The quantitative estimate of drug-likeness (QED) is 0.864. The van der Waals surface area contributed by atoms with E-state index in [0.717, 1.165) is 47.2 Å². The minimum absolute atomic E-state index is 0.126. The van der Waals surface area contributed by atoms with Crippen molar-refractivity contribution in [1.82, 2.24) is 14.8 Å². The molecule has 0 bridgehead atoms. The number of carbonyl (C=O) groups is 1. The van der Waals surface area contributed by atoms with Gasteiger partial charge in [-0.3, -0.25) is 4.79 Å². The molecule has 0 spiro atoms. The molecule has 0 aliphatic carbocycles. The molecule has 4 nitrogen and oxygen atoms in total. The summed E-state index contributed by atoms with van der Waals surface area (Å²) in [6, 6.07) is 10.5. The van der Waals surface area contributed by atoms with Crippen LogP contribution in [0, 0.1) is 6.92 Å². The van der Waals surface area contributed by atoms with Gasteiger partial charge in [0, 0.05) is 24.7 Å². The molecule has 1 fully saturated rings. The summed E-state index contributed by atoms with van der Waals surface area (Å²) in [6.45, 7) is 6.78. The maximum Gasteiger partial charge on any atom is 0.266 e. The summed E-state index contributed by atoms with van der Waals surface area (Å²) >= 11 is 1.50. The second-order valence-corrected chi connectivity index (χ2v) is 7.25. The number of aromatic nitrogens is 1. The van der Waals surface area contributed by atoms with E-state index in [4.69, 9.17) is 0 Å². The Morgan fingerprint density at radius 3 is 2.83 bits per heavy atom. The SMILES string of the molecule is CCN(C)[C@H]1CCN(C(=O)c2sc(C)nc2-c2ccccc2)C1. The summed E-state index contributed by atoms with van der Waals surface area (Å²) in [5.74, 6) is 0.126. The van der Waals surface area contributed by atoms with Crippen LogP contribution in [-0.2, 0) is 0 Å². The Balaban J connectivity index is 1.84. The van der Waals surface area contributed by atoms with E-state index in [2.05, 4.69) is 23.9 Å². The Morgan fingerprint density at radius 1 is 1.39 bits per heavy atom. The lowest BCUT2D eigenvalue weighted by molar-refractivity contribution is 0.0786. The zero-order valence-electron chi connectivity index (χ0n) is 14.0. The molecule has 0 saturated carbocycles. The van der Waals surface area contributed by atoms with Crippen LogP contribution in [0.2, 0.25) is 0 Å². The summed E-state index contributed by atoms with van der Waals surface area (Å²) in [6.07, 6.45) is 1.05. The van der Waals surface area contributed by atoms with Gasteiger partial charge >= 0.3 is 0 Å². The molecule has 1 atom stereocenters. The number of nitrogens with zero attached hydrogens (tertiary/aromatic N) is 3. The Labute approximate surface area is 141 Å². The van der Waals surface area contributed by atoms with Crippen molar-refractivity contribution in [3.63, 3.8) is 0 Å². The molecule has 0 N–H and O–H groups in total. The van der Waals surface area contributed by atoms with E-state index in [9.17, 15) is 4.79 Å². The first-order valence-electron chi connectivity index (χ1n) is 8.12. The van der Waals surface area contributed by atoms with E-state index in [1.165, 1.54) is 11.3 Å². The van der Waals surface area contributed by atoms with Crippen LogP contribution < -0.4 is 0 Å². The van der Waals surface area contributed by atoms with Gasteiger partial charge in [-0.15, -0.1) is 11.3 Å². The van der Waals surface area contributed by atoms with Crippen molar-refractivity contribution < 1.29 is 4.79 Å². The van der Waals surface area contributed by atoms with Crippen LogP contribution in [0.25, 0.3) is 11.3 Å². The smallest absolute Gasteiger partial charge is 0.266 e. The normalized spacial score (nSPS) is 17.9. The first-order valence-corrected chi connectivity index (χ1v) is 8.94. The van der Waals surface area contributed by atoms with Crippen molar-refractivity contribution in [3.8, 4) is 11.3 Å². The zero-order chi connectivity index (χ0) is 16.4. The van der Waals surface area contributed by atoms with Crippen molar-refractivity contribution >= 4 is 17.2 Å². The van der Waals surface area contributed by atoms with Gasteiger partial charge in [-0.05, 0) is 26.9 Å². The zero-order valence-corrected chi connectivity index (χ0v) is 14.8. The first-order chi connectivity index (χ1) is 11.1. The Bertz CT molecular complexity index is 683. The number of thiazole rings is 1. The van der Waals surface area contributed by atoms with E-state index in [1.807, 2.05) is 42.2 Å². The molecule has 2 heterocycles. The van der Waals surface area contributed by atoms with Crippen molar-refractivity contribution in [2.45, 2.75) is 26.3 Å². The van der Waals surface area contributed by atoms with Gasteiger partial charge < -0.3 is 9.80 Å². The number of aryl methyl sites for hydroxylation is 1. The van der Waals surface area contributed by atoms with Gasteiger partial charge in [-0.1, -0.05) is 37.3 Å². The molecule has 1 aliphatic heterocycles. The highest BCUT2D eigenvalue weighted by Gasteiger charge is 2.31. The number of benzene rings is 1. The monoisotopic (exact) mass is 329 g/mol. The number of amides is 1. The minimum Gasteiger partial charge on any atom is -0.336 e. The third-order valence-corrected chi connectivity index (χ3v) is 5.51. The Kier molecular flexibility index (Phi) is 4.78. The summed E-state index contributed by atoms with van der Waals surface area (Å²) in [5.41, 5.74) is 1.84. The number of rotatable bonds is 4. The van der Waals surface area contributed by atoms with Gasteiger partial charge in [0.05, 0.1) is 10.7 Å². The third-order valence-electron chi connectivity index (χ3n) is 4.55. The number of hydrogen-bond donors (Lipinski definition) is 0. The summed E-state index contributed by atoms with van der Waals surface area (Å²) in [4.78, 5) is 22.7. The largest absolute Gasteiger partial charge is 0.336 e. The standard InChI is InChI=1S/C18H23N3OS/c1-4-20(3)15-10-11-21(12-15)18(22)17-16(19-13(2)23-17)14-8-6-5-7-9-14/h5-9,15H,4,10-12H2,1-3H3/t15-/m0/s1. The molecule has 1 aromatic heterocycles. The Morgan fingerprint density at radius 2 is 2.13 bits per heavy atom. The fourth-order valence-corrected chi connectivity index (χ4v) is 3.96. The second kappa shape index (κ2) is 6.81. The Hall–Kier alpha value is -1.72. The summed E-state index contributed by atoms with van der Waals surface area (Å²) in [5, 5.41) is 0.939. The van der Waals surface area contributed by atoms with Gasteiger partial charge in [0.25, 0.3) is 5.91 Å². The molecule has 1 saturated heterocycles.